The molecule has 1 unspecified atom stereocenters. The van der Waals surface area contributed by atoms with Crippen LogP contribution in [0.5, 0.6) is 0 Å². The molecule has 4 aromatic heterocycles. The van der Waals surface area contributed by atoms with Gasteiger partial charge in [0, 0.05) is 24.2 Å². The van der Waals surface area contributed by atoms with Crippen LogP contribution < -0.4 is 11.1 Å². The summed E-state index contributed by atoms with van der Waals surface area (Å²) in [6, 6.07) is 15.3. The van der Waals surface area contributed by atoms with Gasteiger partial charge in [0.15, 0.2) is 11.6 Å². The van der Waals surface area contributed by atoms with Crippen molar-refractivity contribution in [3.63, 3.8) is 0 Å². The normalized spacial score (nSPS) is 12.2. The fraction of sp³-hybridized carbons (Fsp3) is 0.125. The SMILES string of the molecule is NC(CNc1nc(-c2ccncc2F)nc2c(-c3ccco3)csc12)Cc1ccccc1. The summed E-state index contributed by atoms with van der Waals surface area (Å²) in [5.41, 5.74) is 9.36. The molecule has 1 aromatic carbocycles. The maximum absolute atomic E-state index is 14.5. The summed E-state index contributed by atoms with van der Waals surface area (Å²) in [5, 5.41) is 5.33. The minimum atomic E-state index is -0.478. The highest BCUT2D eigenvalue weighted by atomic mass is 32.1. The Morgan fingerprint density at radius 3 is 2.72 bits per heavy atom. The molecule has 0 saturated heterocycles. The zero-order chi connectivity index (χ0) is 21.9. The van der Waals surface area contributed by atoms with E-state index in [1.165, 1.54) is 23.1 Å². The highest BCUT2D eigenvalue weighted by molar-refractivity contribution is 7.18. The van der Waals surface area contributed by atoms with Gasteiger partial charge in [0.25, 0.3) is 0 Å². The number of benzene rings is 1. The number of rotatable bonds is 7. The number of halogens is 1. The van der Waals surface area contributed by atoms with Crippen LogP contribution in [0.3, 0.4) is 0 Å². The second kappa shape index (κ2) is 8.86. The Morgan fingerprint density at radius 1 is 1.06 bits per heavy atom. The molecule has 0 aliphatic rings. The summed E-state index contributed by atoms with van der Waals surface area (Å²) in [6.07, 6.45) is 5.03. The molecule has 0 bridgehead atoms. The molecule has 0 aliphatic heterocycles. The fourth-order valence-electron chi connectivity index (χ4n) is 3.54. The van der Waals surface area contributed by atoms with E-state index in [2.05, 4.69) is 32.4 Å². The molecule has 0 amide bonds. The molecule has 0 saturated carbocycles. The van der Waals surface area contributed by atoms with Gasteiger partial charge in [-0.1, -0.05) is 30.3 Å². The summed E-state index contributed by atoms with van der Waals surface area (Å²) < 4.78 is 20.9. The van der Waals surface area contributed by atoms with Gasteiger partial charge in [0.2, 0.25) is 0 Å². The first-order chi connectivity index (χ1) is 15.7. The average Bonchev–Trinajstić information content (AvgIpc) is 3.48. The van der Waals surface area contributed by atoms with Crippen LogP contribution in [0, 0.1) is 5.82 Å². The van der Waals surface area contributed by atoms with Crippen LogP contribution in [0.2, 0.25) is 0 Å². The summed E-state index contributed by atoms with van der Waals surface area (Å²) >= 11 is 1.51. The Labute approximate surface area is 188 Å². The topological polar surface area (TPSA) is 89.9 Å². The van der Waals surface area contributed by atoms with Crippen molar-refractivity contribution < 1.29 is 8.81 Å². The third-order valence-corrected chi connectivity index (χ3v) is 6.06. The largest absolute Gasteiger partial charge is 0.464 e. The van der Waals surface area contributed by atoms with Crippen LogP contribution >= 0.6 is 11.3 Å². The number of hydrogen-bond donors (Lipinski definition) is 2. The first kappa shape index (κ1) is 20.3. The minimum absolute atomic E-state index is 0.118. The molecule has 4 heterocycles. The maximum atomic E-state index is 14.5. The van der Waals surface area contributed by atoms with E-state index in [0.717, 1.165) is 22.9 Å². The second-order valence-electron chi connectivity index (χ2n) is 7.39. The molecule has 6 nitrogen and oxygen atoms in total. The molecule has 3 N–H and O–H groups in total. The monoisotopic (exact) mass is 445 g/mol. The van der Waals surface area contributed by atoms with Gasteiger partial charge in [0.05, 0.1) is 33.8 Å². The molecule has 0 fully saturated rings. The highest BCUT2D eigenvalue weighted by Crippen LogP contribution is 2.37. The van der Waals surface area contributed by atoms with E-state index in [1.807, 2.05) is 35.7 Å². The molecule has 8 heteroatoms. The zero-order valence-corrected chi connectivity index (χ0v) is 17.8. The van der Waals surface area contributed by atoms with Gasteiger partial charge in [-0.3, -0.25) is 4.98 Å². The summed E-state index contributed by atoms with van der Waals surface area (Å²) in [4.78, 5) is 13.1. The zero-order valence-electron chi connectivity index (χ0n) is 17.0. The summed E-state index contributed by atoms with van der Waals surface area (Å²) in [6.45, 7) is 0.507. The predicted octanol–water partition coefficient (Wildman–Crippen LogP) is 5.13. The van der Waals surface area contributed by atoms with Crippen LogP contribution in [-0.4, -0.2) is 27.5 Å². The van der Waals surface area contributed by atoms with E-state index in [0.29, 0.717) is 23.6 Å². The van der Waals surface area contributed by atoms with Gasteiger partial charge in [-0.2, -0.15) is 0 Å². The number of pyridine rings is 1. The van der Waals surface area contributed by atoms with Crippen LogP contribution in [-0.2, 0) is 6.42 Å². The van der Waals surface area contributed by atoms with E-state index in [9.17, 15) is 4.39 Å². The molecular weight excluding hydrogens is 425 g/mol. The Kier molecular flexibility index (Phi) is 5.62. The number of thiophene rings is 1. The Morgan fingerprint density at radius 2 is 1.94 bits per heavy atom. The maximum Gasteiger partial charge on any atom is 0.165 e. The van der Waals surface area contributed by atoms with Crippen molar-refractivity contribution in [3.05, 3.63) is 83.9 Å². The van der Waals surface area contributed by atoms with Crippen molar-refractivity contribution in [2.45, 2.75) is 12.5 Å². The van der Waals surface area contributed by atoms with E-state index in [1.54, 1.807) is 12.3 Å². The minimum Gasteiger partial charge on any atom is -0.464 e. The van der Waals surface area contributed by atoms with Crippen molar-refractivity contribution in [2.75, 3.05) is 11.9 Å². The van der Waals surface area contributed by atoms with Gasteiger partial charge in [0.1, 0.15) is 11.6 Å². The van der Waals surface area contributed by atoms with Crippen LogP contribution in [0.4, 0.5) is 10.2 Å². The van der Waals surface area contributed by atoms with E-state index >= 15 is 0 Å². The lowest BCUT2D eigenvalue weighted by molar-refractivity contribution is 0.583. The highest BCUT2D eigenvalue weighted by Gasteiger charge is 2.19. The third kappa shape index (κ3) is 4.10. The standard InChI is InChI=1S/C24H20FN5OS/c25-19-13-27-9-8-17(19)23-29-21-18(20-7-4-10-31-20)14-32-22(21)24(30-23)28-12-16(26)11-15-5-2-1-3-6-15/h1-10,13-14,16H,11-12,26H2,(H,28,29,30). The molecule has 1 atom stereocenters. The lowest BCUT2D eigenvalue weighted by atomic mass is 10.1. The molecule has 0 aliphatic carbocycles. The molecule has 5 rings (SSSR count). The van der Waals surface area contributed by atoms with E-state index in [4.69, 9.17) is 10.2 Å². The van der Waals surface area contributed by atoms with Crippen molar-refractivity contribution in [1.82, 2.24) is 15.0 Å². The molecule has 0 spiro atoms. The van der Waals surface area contributed by atoms with E-state index < -0.39 is 5.82 Å². The quantitative estimate of drug-likeness (QED) is 0.361. The molecular formula is C24H20FN5OS. The first-order valence-corrected chi connectivity index (χ1v) is 11.0. The first-order valence-electron chi connectivity index (χ1n) is 10.2. The van der Waals surface area contributed by atoms with Crippen LogP contribution in [0.15, 0.2) is 77.0 Å². The smallest absolute Gasteiger partial charge is 0.165 e. The Bertz CT molecular complexity index is 1340. The van der Waals surface area contributed by atoms with Crippen LogP contribution in [0.1, 0.15) is 5.56 Å². The summed E-state index contributed by atoms with van der Waals surface area (Å²) in [7, 11) is 0. The lowest BCUT2D eigenvalue weighted by Crippen LogP contribution is -2.31. The molecule has 5 aromatic rings. The lowest BCUT2D eigenvalue weighted by Gasteiger charge is -2.14. The Balaban J connectivity index is 1.51. The van der Waals surface area contributed by atoms with Gasteiger partial charge in [-0.05, 0) is 30.2 Å². The van der Waals surface area contributed by atoms with Gasteiger partial charge in [-0.15, -0.1) is 11.3 Å². The van der Waals surface area contributed by atoms with Crippen LogP contribution in [0.25, 0.3) is 32.9 Å². The number of aromatic nitrogens is 3. The molecule has 160 valence electrons. The van der Waals surface area contributed by atoms with Crippen molar-refractivity contribution in [2.24, 2.45) is 5.73 Å². The fourth-order valence-corrected chi connectivity index (χ4v) is 4.50. The van der Waals surface area contributed by atoms with Gasteiger partial charge < -0.3 is 15.5 Å². The van der Waals surface area contributed by atoms with Gasteiger partial charge >= 0.3 is 0 Å². The number of nitrogens with one attached hydrogen (secondary N) is 1. The molecule has 32 heavy (non-hydrogen) atoms. The molecule has 0 radical (unpaired) electrons. The van der Waals surface area contributed by atoms with Crippen molar-refractivity contribution in [1.29, 1.82) is 0 Å². The number of anilines is 1. The number of fused-ring (bicyclic) bond motifs is 1. The number of nitrogens with two attached hydrogens (primary N) is 1. The number of furan rings is 1. The Hall–Kier alpha value is -3.62. The predicted molar refractivity (Wildman–Crippen MR) is 125 cm³/mol. The number of hydrogen-bond acceptors (Lipinski definition) is 7. The third-order valence-electron chi connectivity index (χ3n) is 5.09. The van der Waals surface area contributed by atoms with Crippen molar-refractivity contribution >= 4 is 27.4 Å². The average molecular weight is 446 g/mol. The summed E-state index contributed by atoms with van der Waals surface area (Å²) in [5.74, 6) is 1.12. The number of nitrogens with zero attached hydrogens (tertiary/aromatic N) is 3. The van der Waals surface area contributed by atoms with Gasteiger partial charge in [-0.25, -0.2) is 14.4 Å². The second-order valence-corrected chi connectivity index (χ2v) is 8.27. The van der Waals surface area contributed by atoms with Crippen molar-refractivity contribution in [3.8, 4) is 22.7 Å². The van der Waals surface area contributed by atoms with E-state index in [-0.39, 0.29) is 17.4 Å².